The highest BCUT2D eigenvalue weighted by molar-refractivity contribution is 6.18. The van der Waals surface area contributed by atoms with Gasteiger partial charge in [0.15, 0.2) is 0 Å². The Morgan fingerprint density at radius 1 is 0.875 bits per heavy atom. The van der Waals surface area contributed by atoms with Gasteiger partial charge in [-0.2, -0.15) is 0 Å². The molecule has 24 heavy (non-hydrogen) atoms. The number of carbonyl (C=O) groups excluding carboxylic acids is 1. The molecule has 3 rings (SSSR count). The largest absolute Gasteiger partial charge is 0.337 e. The van der Waals surface area contributed by atoms with Crippen molar-refractivity contribution in [3.05, 3.63) is 70.6 Å². The van der Waals surface area contributed by atoms with E-state index in [1.807, 2.05) is 35.2 Å². The number of rotatable bonds is 3. The minimum Gasteiger partial charge on any atom is -0.337 e. The van der Waals surface area contributed by atoms with Crippen molar-refractivity contribution in [1.29, 1.82) is 0 Å². The van der Waals surface area contributed by atoms with Crippen molar-refractivity contribution in [2.45, 2.75) is 25.7 Å². The number of nitrogens with zero attached hydrogens (tertiary/aromatic N) is 2. The standard InChI is InChI=1S/C20H22N2O2/c23-19-12-6-9-15-22(19)18(16-17-10-4-3-5-11-17)20(24)21-13-7-1-2-8-14-21/h3-6,9-12,15-16H,1-2,7-8,13-14H2/b18-16+. The van der Waals surface area contributed by atoms with Gasteiger partial charge in [-0.25, -0.2) is 0 Å². The normalized spacial score (nSPS) is 15.8. The van der Waals surface area contributed by atoms with Gasteiger partial charge in [-0.15, -0.1) is 0 Å². The first-order valence-electron chi connectivity index (χ1n) is 8.50. The summed E-state index contributed by atoms with van der Waals surface area (Å²) < 4.78 is 1.44. The molecule has 4 heteroatoms. The maximum Gasteiger partial charge on any atom is 0.270 e. The Balaban J connectivity index is 2.02. The molecule has 0 spiro atoms. The molecule has 1 saturated heterocycles. The van der Waals surface area contributed by atoms with Crippen molar-refractivity contribution < 1.29 is 4.79 Å². The van der Waals surface area contributed by atoms with E-state index >= 15 is 0 Å². The molecular weight excluding hydrogens is 300 g/mol. The second-order valence-electron chi connectivity index (χ2n) is 6.06. The van der Waals surface area contributed by atoms with Crippen LogP contribution in [-0.2, 0) is 4.79 Å². The fraction of sp³-hybridized carbons (Fsp3) is 0.300. The van der Waals surface area contributed by atoms with Gasteiger partial charge in [-0.3, -0.25) is 14.2 Å². The van der Waals surface area contributed by atoms with E-state index in [4.69, 9.17) is 0 Å². The van der Waals surface area contributed by atoms with Crippen LogP contribution in [0.1, 0.15) is 31.2 Å². The lowest BCUT2D eigenvalue weighted by atomic mass is 10.1. The molecule has 2 heterocycles. The zero-order chi connectivity index (χ0) is 16.8. The zero-order valence-electron chi connectivity index (χ0n) is 13.7. The molecule has 124 valence electrons. The summed E-state index contributed by atoms with van der Waals surface area (Å²) in [6.07, 6.45) is 7.82. The van der Waals surface area contributed by atoms with Gasteiger partial charge in [-0.1, -0.05) is 49.2 Å². The van der Waals surface area contributed by atoms with Crippen LogP contribution in [0.5, 0.6) is 0 Å². The number of pyridine rings is 1. The lowest BCUT2D eigenvalue weighted by molar-refractivity contribution is -0.125. The van der Waals surface area contributed by atoms with Gasteiger partial charge in [0.05, 0.1) is 0 Å². The molecule has 0 radical (unpaired) electrons. The molecule has 0 N–H and O–H groups in total. The highest BCUT2D eigenvalue weighted by atomic mass is 16.2. The van der Waals surface area contributed by atoms with E-state index in [0.29, 0.717) is 5.70 Å². The Kier molecular flexibility index (Phi) is 5.26. The molecule has 1 aromatic heterocycles. The van der Waals surface area contributed by atoms with Crippen molar-refractivity contribution >= 4 is 17.7 Å². The number of carbonyl (C=O) groups is 1. The highest BCUT2D eigenvalue weighted by Crippen LogP contribution is 2.17. The molecule has 1 amide bonds. The minimum atomic E-state index is -0.192. The van der Waals surface area contributed by atoms with Gasteiger partial charge in [0.1, 0.15) is 5.70 Å². The van der Waals surface area contributed by atoms with Crippen LogP contribution in [0.4, 0.5) is 0 Å². The lowest BCUT2D eigenvalue weighted by Crippen LogP contribution is -2.36. The monoisotopic (exact) mass is 322 g/mol. The third-order valence-corrected chi connectivity index (χ3v) is 4.30. The van der Waals surface area contributed by atoms with Gasteiger partial charge >= 0.3 is 0 Å². The van der Waals surface area contributed by atoms with E-state index in [2.05, 4.69) is 0 Å². The fourth-order valence-electron chi connectivity index (χ4n) is 3.00. The maximum atomic E-state index is 13.1. The molecule has 0 bridgehead atoms. The Morgan fingerprint density at radius 3 is 2.21 bits per heavy atom. The predicted molar refractivity (Wildman–Crippen MR) is 96.4 cm³/mol. The van der Waals surface area contributed by atoms with E-state index in [0.717, 1.165) is 44.3 Å². The Bertz CT molecular complexity index is 769. The van der Waals surface area contributed by atoms with Crippen LogP contribution in [0.15, 0.2) is 59.5 Å². The van der Waals surface area contributed by atoms with Crippen LogP contribution >= 0.6 is 0 Å². The summed E-state index contributed by atoms with van der Waals surface area (Å²) in [5.41, 5.74) is 1.13. The third-order valence-electron chi connectivity index (χ3n) is 4.30. The fourth-order valence-corrected chi connectivity index (χ4v) is 3.00. The van der Waals surface area contributed by atoms with E-state index in [9.17, 15) is 9.59 Å². The summed E-state index contributed by atoms with van der Waals surface area (Å²) >= 11 is 0. The molecule has 0 aliphatic carbocycles. The first-order valence-corrected chi connectivity index (χ1v) is 8.50. The van der Waals surface area contributed by atoms with E-state index in [1.54, 1.807) is 24.4 Å². The third kappa shape index (κ3) is 3.82. The molecule has 1 aromatic carbocycles. The lowest BCUT2D eigenvalue weighted by Gasteiger charge is -2.22. The number of likely N-dealkylation sites (tertiary alicyclic amines) is 1. The molecular formula is C20H22N2O2. The van der Waals surface area contributed by atoms with Crippen LogP contribution in [0.25, 0.3) is 11.8 Å². The minimum absolute atomic E-state index is 0.0750. The van der Waals surface area contributed by atoms with Crippen molar-refractivity contribution in [2.75, 3.05) is 13.1 Å². The molecule has 2 aromatic rings. The van der Waals surface area contributed by atoms with Crippen LogP contribution in [0.3, 0.4) is 0 Å². The number of amides is 1. The van der Waals surface area contributed by atoms with Crippen LogP contribution in [0, 0.1) is 0 Å². The second-order valence-corrected chi connectivity index (χ2v) is 6.06. The summed E-state index contributed by atoms with van der Waals surface area (Å²) in [6, 6.07) is 14.6. The number of benzene rings is 1. The topological polar surface area (TPSA) is 42.3 Å². The number of hydrogen-bond donors (Lipinski definition) is 0. The van der Waals surface area contributed by atoms with Crippen molar-refractivity contribution in [1.82, 2.24) is 9.47 Å². The Hall–Kier alpha value is -2.62. The van der Waals surface area contributed by atoms with E-state index in [1.165, 1.54) is 10.6 Å². The number of hydrogen-bond acceptors (Lipinski definition) is 2. The highest BCUT2D eigenvalue weighted by Gasteiger charge is 2.21. The first-order chi connectivity index (χ1) is 11.8. The summed E-state index contributed by atoms with van der Waals surface area (Å²) in [5.74, 6) is -0.0750. The van der Waals surface area contributed by atoms with Crippen LogP contribution < -0.4 is 5.56 Å². The molecule has 1 aliphatic heterocycles. The zero-order valence-corrected chi connectivity index (χ0v) is 13.7. The van der Waals surface area contributed by atoms with Crippen molar-refractivity contribution in [2.24, 2.45) is 0 Å². The molecule has 0 unspecified atom stereocenters. The SMILES string of the molecule is O=C(/C(=C\c1ccccc1)n1ccccc1=O)N1CCCCCC1. The van der Waals surface area contributed by atoms with Crippen LogP contribution in [-0.4, -0.2) is 28.5 Å². The molecule has 0 atom stereocenters. The molecule has 0 saturated carbocycles. The van der Waals surface area contributed by atoms with Crippen LogP contribution in [0.2, 0.25) is 0 Å². The average molecular weight is 322 g/mol. The van der Waals surface area contributed by atoms with Crippen molar-refractivity contribution in [3.8, 4) is 0 Å². The summed E-state index contributed by atoms with van der Waals surface area (Å²) in [5, 5.41) is 0. The van der Waals surface area contributed by atoms with Gasteiger partial charge in [-0.05, 0) is 30.5 Å². The van der Waals surface area contributed by atoms with Gasteiger partial charge < -0.3 is 4.90 Å². The van der Waals surface area contributed by atoms with Gasteiger partial charge in [0, 0.05) is 25.4 Å². The summed E-state index contributed by atoms with van der Waals surface area (Å²) in [7, 11) is 0. The van der Waals surface area contributed by atoms with Crippen molar-refractivity contribution in [3.63, 3.8) is 0 Å². The quantitative estimate of drug-likeness (QED) is 0.814. The second kappa shape index (κ2) is 7.77. The molecule has 4 nitrogen and oxygen atoms in total. The summed E-state index contributed by atoms with van der Waals surface area (Å²) in [6.45, 7) is 1.51. The Morgan fingerprint density at radius 2 is 1.54 bits per heavy atom. The molecule has 1 aliphatic rings. The van der Waals surface area contributed by atoms with E-state index < -0.39 is 0 Å². The number of aromatic nitrogens is 1. The maximum absolute atomic E-state index is 13.1. The Labute approximate surface area is 142 Å². The van der Waals surface area contributed by atoms with Gasteiger partial charge in [0.2, 0.25) is 0 Å². The average Bonchev–Trinajstić information content (AvgIpc) is 2.90. The van der Waals surface area contributed by atoms with E-state index in [-0.39, 0.29) is 11.5 Å². The predicted octanol–water partition coefficient (Wildman–Crippen LogP) is 3.25. The molecule has 1 fully saturated rings. The van der Waals surface area contributed by atoms with Gasteiger partial charge in [0.25, 0.3) is 11.5 Å². The smallest absolute Gasteiger partial charge is 0.270 e. The first kappa shape index (κ1) is 16.2. The summed E-state index contributed by atoms with van der Waals surface area (Å²) in [4.78, 5) is 27.2.